The molecule has 0 spiro atoms. The van der Waals surface area contributed by atoms with E-state index in [1.807, 2.05) is 5.82 Å². The summed E-state index contributed by atoms with van der Waals surface area (Å²) in [7, 11) is 0. The van der Waals surface area contributed by atoms with Gasteiger partial charge in [0.25, 0.3) is 0 Å². The molecule has 0 aromatic rings. The molecular weight excluding hydrogens is 279 g/mol. The van der Waals surface area contributed by atoms with E-state index in [1.165, 1.54) is 6.92 Å². The van der Waals surface area contributed by atoms with Gasteiger partial charge in [-0.15, -0.1) is 0 Å². The molecule has 94 valence electrons. The molecule has 16 heavy (non-hydrogen) atoms. The third-order valence-corrected chi connectivity index (χ3v) is 3.38. The summed E-state index contributed by atoms with van der Waals surface area (Å²) in [6.07, 6.45) is -0.312. The second-order valence-corrected chi connectivity index (χ2v) is 5.46. The average Bonchev–Trinajstić information content (AvgIpc) is 2.24. The van der Waals surface area contributed by atoms with Crippen molar-refractivity contribution in [1.29, 1.82) is 0 Å². The van der Waals surface area contributed by atoms with E-state index in [1.54, 1.807) is 0 Å². The number of carboxylic acids is 1. The summed E-state index contributed by atoms with van der Waals surface area (Å²) in [6.45, 7) is 1.44. The number of hydrogen-bond donors (Lipinski definition) is 3. The zero-order chi connectivity index (χ0) is 12.7. The molecule has 5 N–H and O–H groups in total. The zero-order valence-electron chi connectivity index (χ0n) is 9.38. The van der Waals surface area contributed by atoms with Gasteiger partial charge in [0, 0.05) is 0 Å². The van der Waals surface area contributed by atoms with Gasteiger partial charge in [-0.1, -0.05) is 0 Å². The quantitative estimate of drug-likeness (QED) is 0.419. The van der Waals surface area contributed by atoms with Gasteiger partial charge in [0.05, 0.1) is 0 Å². The van der Waals surface area contributed by atoms with Gasteiger partial charge in [0.15, 0.2) is 0 Å². The first-order chi connectivity index (χ1) is 7.40. The molecule has 0 unspecified atom stereocenters. The van der Waals surface area contributed by atoms with Crippen molar-refractivity contribution in [3.8, 4) is 0 Å². The normalized spacial score (nSPS) is 16.2. The van der Waals surface area contributed by atoms with E-state index in [0.717, 1.165) is 5.32 Å². The first-order valence-electron chi connectivity index (χ1n) is 4.83. The Bertz CT molecular complexity index is 250. The molecular formula is C9H18N2O4Se. The summed E-state index contributed by atoms with van der Waals surface area (Å²) < 4.78 is 4.87. The molecule has 0 heterocycles. The van der Waals surface area contributed by atoms with E-state index in [4.69, 9.17) is 21.3 Å². The summed E-state index contributed by atoms with van der Waals surface area (Å²) in [4.78, 5) is 21.9. The van der Waals surface area contributed by atoms with Gasteiger partial charge in [0.2, 0.25) is 0 Å². The Labute approximate surface area is 101 Å². The third kappa shape index (κ3) is 5.46. The fourth-order valence-electron chi connectivity index (χ4n) is 0.907. The van der Waals surface area contributed by atoms with Crippen LogP contribution in [-0.4, -0.2) is 50.2 Å². The molecule has 0 saturated carbocycles. The van der Waals surface area contributed by atoms with Crippen LogP contribution in [0, 0.1) is 0 Å². The third-order valence-electron chi connectivity index (χ3n) is 2.03. The predicted molar refractivity (Wildman–Crippen MR) is 60.2 cm³/mol. The van der Waals surface area contributed by atoms with Gasteiger partial charge in [-0.05, 0) is 0 Å². The zero-order valence-corrected chi connectivity index (χ0v) is 11.1. The monoisotopic (exact) mass is 298 g/mol. The number of hydrogen-bond acceptors (Lipinski definition) is 5. The van der Waals surface area contributed by atoms with Crippen molar-refractivity contribution in [3.63, 3.8) is 0 Å². The van der Waals surface area contributed by atoms with Crippen LogP contribution < -0.4 is 11.5 Å². The number of nitrogens with two attached hydrogens (primary N) is 2. The van der Waals surface area contributed by atoms with Crippen LogP contribution in [0.1, 0.15) is 13.3 Å². The van der Waals surface area contributed by atoms with Gasteiger partial charge in [-0.25, -0.2) is 0 Å². The SMILES string of the molecule is C[Se]CC[C@H](N)C(=O)O[C@H](C)[C@H](N)C(=O)O. The van der Waals surface area contributed by atoms with Crippen molar-refractivity contribution in [2.24, 2.45) is 11.5 Å². The molecule has 0 radical (unpaired) electrons. The summed E-state index contributed by atoms with van der Waals surface area (Å²) in [5, 5.41) is 9.49. The van der Waals surface area contributed by atoms with E-state index in [2.05, 4.69) is 0 Å². The number of aliphatic carboxylic acids is 1. The fraction of sp³-hybridized carbons (Fsp3) is 0.778. The van der Waals surface area contributed by atoms with Crippen LogP contribution in [0.3, 0.4) is 0 Å². The maximum atomic E-state index is 11.4. The number of carboxylic acid groups (broad SMARTS) is 1. The van der Waals surface area contributed by atoms with Crippen molar-refractivity contribution in [2.75, 3.05) is 0 Å². The first-order valence-corrected chi connectivity index (χ1v) is 7.76. The molecule has 0 saturated heterocycles. The Morgan fingerprint density at radius 3 is 2.44 bits per heavy atom. The van der Waals surface area contributed by atoms with Crippen molar-refractivity contribution in [1.82, 2.24) is 0 Å². The van der Waals surface area contributed by atoms with Gasteiger partial charge in [0.1, 0.15) is 0 Å². The van der Waals surface area contributed by atoms with Gasteiger partial charge in [-0.2, -0.15) is 0 Å². The molecule has 0 aliphatic rings. The van der Waals surface area contributed by atoms with E-state index < -0.39 is 30.1 Å². The molecule has 3 atom stereocenters. The number of ether oxygens (including phenoxy) is 1. The van der Waals surface area contributed by atoms with E-state index in [0.29, 0.717) is 21.4 Å². The molecule has 0 amide bonds. The van der Waals surface area contributed by atoms with Crippen LogP contribution in [0.5, 0.6) is 0 Å². The molecule has 7 heteroatoms. The predicted octanol–water partition coefficient (Wildman–Crippen LogP) is -0.782. The summed E-state index contributed by atoms with van der Waals surface area (Å²) >= 11 is 0.459. The van der Waals surface area contributed by atoms with Crippen LogP contribution in [-0.2, 0) is 14.3 Å². The van der Waals surface area contributed by atoms with E-state index in [-0.39, 0.29) is 0 Å². The fourth-order valence-corrected chi connectivity index (χ4v) is 1.93. The standard InChI is InChI=1S/C9H18N2O4Se/c1-5(7(11)8(12)13)15-9(14)6(10)3-4-16-2/h5-7H,3-4,10-11H2,1-2H3,(H,12,13)/t5-,6+,7+/m1/s1. The number of rotatable bonds is 7. The van der Waals surface area contributed by atoms with Crippen LogP contribution in [0.2, 0.25) is 11.1 Å². The van der Waals surface area contributed by atoms with Gasteiger partial charge in [-0.3, -0.25) is 0 Å². The second kappa shape index (κ2) is 7.62. The van der Waals surface area contributed by atoms with Crippen LogP contribution >= 0.6 is 0 Å². The maximum absolute atomic E-state index is 11.4. The minimum atomic E-state index is -1.22. The van der Waals surface area contributed by atoms with Crippen LogP contribution in [0.4, 0.5) is 0 Å². The summed E-state index contributed by atoms with van der Waals surface area (Å²) in [5.74, 6) is 0.257. The Hall–Kier alpha value is -0.621. The number of carbonyl (C=O) groups excluding carboxylic acids is 1. The Kier molecular flexibility index (Phi) is 7.32. The Morgan fingerprint density at radius 1 is 1.44 bits per heavy atom. The molecule has 0 fully saturated rings. The van der Waals surface area contributed by atoms with E-state index >= 15 is 0 Å². The molecule has 0 aromatic carbocycles. The van der Waals surface area contributed by atoms with Crippen LogP contribution in [0.25, 0.3) is 0 Å². The Morgan fingerprint density at radius 2 is 2.00 bits per heavy atom. The Balaban J connectivity index is 4.07. The van der Waals surface area contributed by atoms with E-state index in [9.17, 15) is 9.59 Å². The van der Waals surface area contributed by atoms with Crippen molar-refractivity contribution < 1.29 is 19.4 Å². The average molecular weight is 297 g/mol. The van der Waals surface area contributed by atoms with Gasteiger partial charge < -0.3 is 0 Å². The molecule has 0 aliphatic carbocycles. The molecule has 6 nitrogen and oxygen atoms in total. The topological polar surface area (TPSA) is 116 Å². The number of esters is 1. The molecule has 0 rings (SSSR count). The summed E-state index contributed by atoms with van der Waals surface area (Å²) in [6, 6.07) is -1.91. The van der Waals surface area contributed by atoms with Crippen molar-refractivity contribution in [2.45, 2.75) is 42.7 Å². The number of carbonyl (C=O) groups is 2. The van der Waals surface area contributed by atoms with Crippen molar-refractivity contribution in [3.05, 3.63) is 0 Å². The molecule has 0 bridgehead atoms. The van der Waals surface area contributed by atoms with Crippen LogP contribution in [0.15, 0.2) is 0 Å². The first kappa shape index (κ1) is 15.4. The molecule has 0 aromatic heterocycles. The second-order valence-electron chi connectivity index (χ2n) is 3.39. The van der Waals surface area contributed by atoms with Gasteiger partial charge >= 0.3 is 100 Å². The molecule has 0 aliphatic heterocycles. The van der Waals surface area contributed by atoms with Crippen molar-refractivity contribution >= 4 is 26.9 Å². The minimum absolute atomic E-state index is 0.459. The summed E-state index contributed by atoms with van der Waals surface area (Å²) in [5.41, 5.74) is 10.9.